The summed E-state index contributed by atoms with van der Waals surface area (Å²) < 4.78 is 5.07. The molecular formula is C8H16N4O. The molecule has 1 aromatic rings. The van der Waals surface area contributed by atoms with Crippen molar-refractivity contribution in [2.45, 2.75) is 20.8 Å². The van der Waals surface area contributed by atoms with Crippen LogP contribution in [0.3, 0.4) is 0 Å². The lowest BCUT2D eigenvalue weighted by Crippen LogP contribution is -2.29. The number of aromatic nitrogens is 2. The topological polar surface area (TPSA) is 68.2 Å². The van der Waals surface area contributed by atoms with Gasteiger partial charge in [-0.3, -0.25) is 0 Å². The minimum atomic E-state index is 0.107. The third-order valence-corrected chi connectivity index (χ3v) is 1.47. The van der Waals surface area contributed by atoms with Crippen LogP contribution in [0, 0.1) is 5.41 Å². The third kappa shape index (κ3) is 2.93. The zero-order valence-electron chi connectivity index (χ0n) is 8.53. The van der Waals surface area contributed by atoms with Gasteiger partial charge in [0.15, 0.2) is 0 Å². The van der Waals surface area contributed by atoms with Crippen LogP contribution in [0.4, 0.5) is 12.0 Å². The maximum Gasteiger partial charge on any atom is 0.319 e. The van der Waals surface area contributed by atoms with E-state index in [4.69, 9.17) is 10.2 Å². The first kappa shape index (κ1) is 9.83. The largest absolute Gasteiger partial charge is 0.390 e. The summed E-state index contributed by atoms with van der Waals surface area (Å²) in [6, 6.07) is 0.572. The van der Waals surface area contributed by atoms with Gasteiger partial charge in [-0.15, -0.1) is 0 Å². The summed E-state index contributed by atoms with van der Waals surface area (Å²) in [7, 11) is 1.90. The van der Waals surface area contributed by atoms with Crippen LogP contribution in [0.15, 0.2) is 4.42 Å². The van der Waals surface area contributed by atoms with Crippen molar-refractivity contribution in [1.29, 1.82) is 0 Å². The molecule has 0 atom stereocenters. The average molecular weight is 184 g/mol. The van der Waals surface area contributed by atoms with Gasteiger partial charge in [-0.1, -0.05) is 31.0 Å². The van der Waals surface area contributed by atoms with Gasteiger partial charge in [0.1, 0.15) is 0 Å². The highest BCUT2D eigenvalue weighted by molar-refractivity contribution is 5.26. The molecule has 0 spiro atoms. The van der Waals surface area contributed by atoms with E-state index in [0.717, 1.165) is 6.54 Å². The van der Waals surface area contributed by atoms with E-state index < -0.39 is 0 Å². The van der Waals surface area contributed by atoms with Crippen LogP contribution in [0.2, 0.25) is 0 Å². The van der Waals surface area contributed by atoms with Gasteiger partial charge in [-0.05, 0) is 5.41 Å². The van der Waals surface area contributed by atoms with E-state index in [1.165, 1.54) is 0 Å². The van der Waals surface area contributed by atoms with Gasteiger partial charge in [0.2, 0.25) is 0 Å². The van der Waals surface area contributed by atoms with Crippen LogP contribution in [0.1, 0.15) is 20.8 Å². The predicted octanol–water partition coefficient (Wildman–Crippen LogP) is 1.13. The molecule has 0 aliphatic heterocycles. The normalized spacial score (nSPS) is 11.7. The molecule has 1 rings (SSSR count). The molecule has 74 valence electrons. The first-order valence-corrected chi connectivity index (χ1v) is 4.18. The number of nitrogen functional groups attached to an aromatic ring is 1. The van der Waals surface area contributed by atoms with E-state index in [1.807, 2.05) is 11.9 Å². The lowest BCUT2D eigenvalue weighted by molar-refractivity contribution is 0.405. The third-order valence-electron chi connectivity index (χ3n) is 1.47. The molecule has 0 aliphatic carbocycles. The van der Waals surface area contributed by atoms with Crippen molar-refractivity contribution < 1.29 is 4.42 Å². The van der Waals surface area contributed by atoms with E-state index in [1.54, 1.807) is 0 Å². The Labute approximate surface area is 77.9 Å². The van der Waals surface area contributed by atoms with Crippen LogP contribution in [-0.2, 0) is 0 Å². The van der Waals surface area contributed by atoms with E-state index in [0.29, 0.717) is 6.01 Å². The molecule has 0 aromatic carbocycles. The molecule has 0 saturated carbocycles. The van der Waals surface area contributed by atoms with Crippen LogP contribution in [0.25, 0.3) is 0 Å². The SMILES string of the molecule is CN(CC(C)(C)C)c1nnc(N)o1. The summed E-state index contributed by atoms with van der Waals surface area (Å²) >= 11 is 0. The van der Waals surface area contributed by atoms with Crippen molar-refractivity contribution in [3.05, 3.63) is 0 Å². The lowest BCUT2D eigenvalue weighted by atomic mass is 9.96. The highest BCUT2D eigenvalue weighted by Crippen LogP contribution is 2.19. The lowest BCUT2D eigenvalue weighted by Gasteiger charge is -2.24. The fourth-order valence-corrected chi connectivity index (χ4v) is 1.16. The average Bonchev–Trinajstić information content (AvgIpc) is 2.31. The standard InChI is InChI=1S/C8H16N4O/c1-8(2,3)5-12(4)7-11-10-6(9)13-7/h5H2,1-4H3,(H2,9,10). The fourth-order valence-electron chi connectivity index (χ4n) is 1.16. The maximum atomic E-state index is 5.31. The molecule has 0 amide bonds. The zero-order valence-corrected chi connectivity index (χ0v) is 8.53. The van der Waals surface area contributed by atoms with Gasteiger partial charge in [0, 0.05) is 13.6 Å². The Morgan fingerprint density at radius 3 is 2.38 bits per heavy atom. The van der Waals surface area contributed by atoms with Gasteiger partial charge in [-0.25, -0.2) is 0 Å². The van der Waals surface area contributed by atoms with Gasteiger partial charge in [0.25, 0.3) is 0 Å². The summed E-state index contributed by atoms with van der Waals surface area (Å²) in [6.45, 7) is 7.27. The molecule has 0 aliphatic rings. The number of nitrogens with two attached hydrogens (primary N) is 1. The van der Waals surface area contributed by atoms with Crippen LogP contribution < -0.4 is 10.6 Å². The minimum Gasteiger partial charge on any atom is -0.390 e. The van der Waals surface area contributed by atoms with Crippen molar-refractivity contribution in [3.63, 3.8) is 0 Å². The Balaban J connectivity index is 2.64. The summed E-state index contributed by atoms with van der Waals surface area (Å²) in [5.74, 6) is 0. The summed E-state index contributed by atoms with van der Waals surface area (Å²) in [4.78, 5) is 1.89. The number of nitrogens with zero attached hydrogens (tertiary/aromatic N) is 3. The van der Waals surface area contributed by atoms with Gasteiger partial charge < -0.3 is 15.1 Å². The molecule has 0 radical (unpaired) electrons. The zero-order chi connectivity index (χ0) is 10.1. The summed E-state index contributed by atoms with van der Waals surface area (Å²) in [5.41, 5.74) is 5.51. The van der Waals surface area contributed by atoms with Gasteiger partial charge >= 0.3 is 12.0 Å². The molecule has 1 heterocycles. The number of hydrogen-bond donors (Lipinski definition) is 1. The van der Waals surface area contributed by atoms with E-state index in [-0.39, 0.29) is 11.4 Å². The van der Waals surface area contributed by atoms with Crippen LogP contribution in [-0.4, -0.2) is 23.8 Å². The molecule has 0 bridgehead atoms. The Hall–Kier alpha value is -1.26. The predicted molar refractivity (Wildman–Crippen MR) is 51.4 cm³/mol. The minimum absolute atomic E-state index is 0.107. The molecule has 5 heteroatoms. The maximum absolute atomic E-state index is 5.31. The molecule has 1 aromatic heterocycles. The van der Waals surface area contributed by atoms with Crippen molar-refractivity contribution in [2.75, 3.05) is 24.2 Å². The van der Waals surface area contributed by atoms with Crippen LogP contribution >= 0.6 is 0 Å². The quantitative estimate of drug-likeness (QED) is 0.746. The number of hydrogen-bond acceptors (Lipinski definition) is 5. The number of rotatable bonds is 2. The number of anilines is 2. The monoisotopic (exact) mass is 184 g/mol. The first-order chi connectivity index (χ1) is 5.88. The first-order valence-electron chi connectivity index (χ1n) is 4.18. The van der Waals surface area contributed by atoms with Crippen molar-refractivity contribution in [2.24, 2.45) is 5.41 Å². The second kappa shape index (κ2) is 3.24. The molecule has 0 fully saturated rings. The van der Waals surface area contributed by atoms with E-state index in [9.17, 15) is 0 Å². The molecule has 13 heavy (non-hydrogen) atoms. The smallest absolute Gasteiger partial charge is 0.319 e. The molecule has 0 unspecified atom stereocenters. The Bertz CT molecular complexity index is 276. The second-order valence-electron chi connectivity index (χ2n) is 4.34. The van der Waals surface area contributed by atoms with Crippen molar-refractivity contribution in [1.82, 2.24) is 10.2 Å². The highest BCUT2D eigenvalue weighted by atomic mass is 16.4. The van der Waals surface area contributed by atoms with E-state index >= 15 is 0 Å². The second-order valence-corrected chi connectivity index (χ2v) is 4.34. The van der Waals surface area contributed by atoms with Gasteiger partial charge in [-0.2, -0.15) is 0 Å². The Morgan fingerprint density at radius 2 is 2.00 bits per heavy atom. The highest BCUT2D eigenvalue weighted by Gasteiger charge is 2.17. The van der Waals surface area contributed by atoms with Gasteiger partial charge in [0.05, 0.1) is 0 Å². The Kier molecular flexibility index (Phi) is 2.45. The van der Waals surface area contributed by atoms with Crippen molar-refractivity contribution >= 4 is 12.0 Å². The molecule has 5 nitrogen and oxygen atoms in total. The molecular weight excluding hydrogens is 168 g/mol. The summed E-state index contributed by atoms with van der Waals surface area (Å²) in [6.07, 6.45) is 0. The molecule has 0 saturated heterocycles. The molecule has 2 N–H and O–H groups in total. The van der Waals surface area contributed by atoms with Crippen LogP contribution in [0.5, 0.6) is 0 Å². The summed E-state index contributed by atoms with van der Waals surface area (Å²) in [5, 5.41) is 7.37. The fraction of sp³-hybridized carbons (Fsp3) is 0.750. The van der Waals surface area contributed by atoms with E-state index in [2.05, 4.69) is 31.0 Å². The Morgan fingerprint density at radius 1 is 1.38 bits per heavy atom. The van der Waals surface area contributed by atoms with Crippen molar-refractivity contribution in [3.8, 4) is 0 Å².